The van der Waals surface area contributed by atoms with Crippen LogP contribution in [0.3, 0.4) is 0 Å². The number of aromatic nitrogens is 1. The van der Waals surface area contributed by atoms with Crippen LogP contribution in [-0.2, 0) is 6.54 Å². The van der Waals surface area contributed by atoms with Crippen LogP contribution in [0.2, 0.25) is 0 Å². The molecule has 2 aromatic rings. The number of benzene rings is 1. The number of nitrogens with one attached hydrogen (secondary N) is 1. The van der Waals surface area contributed by atoms with Gasteiger partial charge in [0, 0.05) is 11.9 Å². The van der Waals surface area contributed by atoms with Gasteiger partial charge in [0.15, 0.2) is 0 Å². The van der Waals surface area contributed by atoms with E-state index in [1.54, 1.807) is 5.38 Å². The van der Waals surface area contributed by atoms with Gasteiger partial charge in [0.1, 0.15) is 10.7 Å². The monoisotopic (exact) mass is 317 g/mol. The Morgan fingerprint density at radius 1 is 1.36 bits per heavy atom. The summed E-state index contributed by atoms with van der Waals surface area (Å²) in [4.78, 5) is 16.7. The summed E-state index contributed by atoms with van der Waals surface area (Å²) in [6.07, 6.45) is 0.893. The van der Waals surface area contributed by atoms with Crippen molar-refractivity contribution < 1.29 is 4.79 Å². The van der Waals surface area contributed by atoms with E-state index in [0.29, 0.717) is 18.2 Å². The quantitative estimate of drug-likeness (QED) is 0.857. The van der Waals surface area contributed by atoms with Crippen molar-refractivity contribution in [3.63, 3.8) is 0 Å². The number of thiazole rings is 1. The molecule has 0 aliphatic rings. The fourth-order valence-corrected chi connectivity index (χ4v) is 3.11. The van der Waals surface area contributed by atoms with Gasteiger partial charge in [-0.3, -0.25) is 4.79 Å². The highest BCUT2D eigenvalue weighted by atomic mass is 32.1. The lowest BCUT2D eigenvalue weighted by Crippen LogP contribution is -2.30. The summed E-state index contributed by atoms with van der Waals surface area (Å²) in [6.45, 7) is 6.76. The van der Waals surface area contributed by atoms with Gasteiger partial charge in [-0.05, 0) is 30.4 Å². The van der Waals surface area contributed by atoms with Crippen molar-refractivity contribution in [1.29, 1.82) is 0 Å². The maximum absolute atomic E-state index is 12.4. The van der Waals surface area contributed by atoms with Gasteiger partial charge < -0.3 is 11.1 Å². The molecule has 1 unspecified atom stereocenters. The predicted molar refractivity (Wildman–Crippen MR) is 90.8 cm³/mol. The molecule has 0 bridgehead atoms. The first-order valence-electron chi connectivity index (χ1n) is 7.52. The molecule has 4 nitrogen and oxygen atoms in total. The molecule has 1 amide bonds. The molecule has 0 saturated heterocycles. The van der Waals surface area contributed by atoms with Crippen LogP contribution in [0.25, 0.3) is 0 Å². The van der Waals surface area contributed by atoms with E-state index in [1.807, 2.05) is 12.1 Å². The van der Waals surface area contributed by atoms with Gasteiger partial charge >= 0.3 is 0 Å². The fraction of sp³-hybridized carbons (Fsp3) is 0.412. The van der Waals surface area contributed by atoms with Crippen LogP contribution >= 0.6 is 11.3 Å². The molecular formula is C17H23N3OS. The van der Waals surface area contributed by atoms with Gasteiger partial charge in [-0.15, -0.1) is 11.3 Å². The van der Waals surface area contributed by atoms with Crippen LogP contribution in [0.5, 0.6) is 0 Å². The Morgan fingerprint density at radius 3 is 2.68 bits per heavy atom. The Balaban J connectivity index is 2.19. The first-order valence-corrected chi connectivity index (χ1v) is 8.40. The Bertz CT molecular complexity index is 636. The fourth-order valence-electron chi connectivity index (χ4n) is 2.45. The molecular weight excluding hydrogens is 294 g/mol. The normalized spacial score (nSPS) is 12.4. The Hall–Kier alpha value is -1.72. The molecule has 22 heavy (non-hydrogen) atoms. The predicted octanol–water partition coefficient (Wildman–Crippen LogP) is 3.43. The maximum Gasteiger partial charge on any atom is 0.271 e. The summed E-state index contributed by atoms with van der Waals surface area (Å²) in [6, 6.07) is 8.17. The van der Waals surface area contributed by atoms with Gasteiger partial charge in [0.05, 0.1) is 6.04 Å². The summed E-state index contributed by atoms with van der Waals surface area (Å²) >= 11 is 1.42. The third-order valence-corrected chi connectivity index (χ3v) is 4.41. The number of rotatable bonds is 6. The van der Waals surface area contributed by atoms with Gasteiger partial charge in [-0.25, -0.2) is 4.98 Å². The molecule has 1 aromatic heterocycles. The molecule has 1 atom stereocenters. The summed E-state index contributed by atoms with van der Waals surface area (Å²) in [5, 5.41) is 5.67. The van der Waals surface area contributed by atoms with E-state index in [1.165, 1.54) is 22.5 Å². The SMILES string of the molecule is Cc1ccccc1C(CC(C)C)NC(=O)c1csc(CN)n1. The van der Waals surface area contributed by atoms with Crippen molar-refractivity contribution in [1.82, 2.24) is 10.3 Å². The summed E-state index contributed by atoms with van der Waals surface area (Å²) in [5.41, 5.74) is 8.36. The molecule has 2 rings (SSSR count). The number of nitrogens with two attached hydrogens (primary N) is 1. The highest BCUT2D eigenvalue weighted by molar-refractivity contribution is 7.09. The lowest BCUT2D eigenvalue weighted by molar-refractivity contribution is 0.0927. The van der Waals surface area contributed by atoms with Gasteiger partial charge in [-0.1, -0.05) is 38.1 Å². The molecule has 0 saturated carbocycles. The average molecular weight is 317 g/mol. The number of nitrogens with zero attached hydrogens (tertiary/aromatic N) is 1. The standard InChI is InChI=1S/C17H23N3OS/c1-11(2)8-14(13-7-5-4-6-12(13)3)20-17(21)15-10-22-16(9-18)19-15/h4-7,10-11,14H,8-9,18H2,1-3H3,(H,20,21). The molecule has 0 aliphatic heterocycles. The number of hydrogen-bond donors (Lipinski definition) is 2. The van der Waals surface area contributed by atoms with E-state index >= 15 is 0 Å². The molecule has 5 heteroatoms. The van der Waals surface area contributed by atoms with Gasteiger partial charge in [0.25, 0.3) is 5.91 Å². The zero-order valence-electron chi connectivity index (χ0n) is 13.3. The first kappa shape index (κ1) is 16.6. The van der Waals surface area contributed by atoms with E-state index in [-0.39, 0.29) is 11.9 Å². The third kappa shape index (κ3) is 4.15. The van der Waals surface area contributed by atoms with Crippen molar-refractivity contribution in [2.24, 2.45) is 11.7 Å². The van der Waals surface area contributed by atoms with Crippen LogP contribution < -0.4 is 11.1 Å². The molecule has 1 aromatic carbocycles. The second-order valence-electron chi connectivity index (χ2n) is 5.84. The molecule has 0 spiro atoms. The number of carbonyl (C=O) groups is 1. The Kier molecular flexibility index (Phi) is 5.69. The third-order valence-electron chi connectivity index (χ3n) is 3.54. The number of aryl methyl sites for hydroxylation is 1. The van der Waals surface area contributed by atoms with Crippen molar-refractivity contribution >= 4 is 17.2 Å². The minimum absolute atomic E-state index is 0.00303. The van der Waals surface area contributed by atoms with E-state index in [2.05, 4.69) is 43.2 Å². The topological polar surface area (TPSA) is 68.0 Å². The summed E-state index contributed by atoms with van der Waals surface area (Å²) in [5.74, 6) is 0.352. The van der Waals surface area contributed by atoms with Crippen LogP contribution in [0.4, 0.5) is 0 Å². The van der Waals surface area contributed by atoms with Gasteiger partial charge in [-0.2, -0.15) is 0 Å². The van der Waals surface area contributed by atoms with E-state index in [0.717, 1.165) is 11.4 Å². The van der Waals surface area contributed by atoms with E-state index in [4.69, 9.17) is 5.73 Å². The van der Waals surface area contributed by atoms with Crippen molar-refractivity contribution in [3.05, 3.63) is 51.5 Å². The highest BCUT2D eigenvalue weighted by Crippen LogP contribution is 2.24. The molecule has 118 valence electrons. The van der Waals surface area contributed by atoms with E-state index < -0.39 is 0 Å². The Labute approximate surface area is 135 Å². The molecule has 0 aliphatic carbocycles. The highest BCUT2D eigenvalue weighted by Gasteiger charge is 2.20. The largest absolute Gasteiger partial charge is 0.344 e. The maximum atomic E-state index is 12.4. The summed E-state index contributed by atoms with van der Waals surface area (Å²) in [7, 11) is 0. The minimum atomic E-state index is -0.134. The van der Waals surface area contributed by atoms with Crippen molar-refractivity contribution in [2.75, 3.05) is 0 Å². The summed E-state index contributed by atoms with van der Waals surface area (Å²) < 4.78 is 0. The number of hydrogen-bond acceptors (Lipinski definition) is 4. The smallest absolute Gasteiger partial charge is 0.271 e. The zero-order chi connectivity index (χ0) is 16.1. The number of amides is 1. The first-order chi connectivity index (χ1) is 10.5. The van der Waals surface area contributed by atoms with Crippen LogP contribution in [-0.4, -0.2) is 10.9 Å². The average Bonchev–Trinajstić information content (AvgIpc) is 2.95. The van der Waals surface area contributed by atoms with Crippen LogP contribution in [0, 0.1) is 12.8 Å². The number of carbonyl (C=O) groups excluding carboxylic acids is 1. The molecule has 3 N–H and O–H groups in total. The second kappa shape index (κ2) is 7.51. The molecule has 1 heterocycles. The van der Waals surface area contributed by atoms with Crippen LogP contribution in [0.1, 0.15) is 52.9 Å². The van der Waals surface area contributed by atoms with Crippen molar-refractivity contribution in [2.45, 2.75) is 39.8 Å². The van der Waals surface area contributed by atoms with E-state index in [9.17, 15) is 4.79 Å². The second-order valence-corrected chi connectivity index (χ2v) is 6.79. The molecule has 0 radical (unpaired) electrons. The lowest BCUT2D eigenvalue weighted by Gasteiger charge is -2.22. The van der Waals surface area contributed by atoms with Crippen molar-refractivity contribution in [3.8, 4) is 0 Å². The van der Waals surface area contributed by atoms with Crippen LogP contribution in [0.15, 0.2) is 29.6 Å². The molecule has 0 fully saturated rings. The van der Waals surface area contributed by atoms with Gasteiger partial charge in [0.2, 0.25) is 0 Å². The zero-order valence-corrected chi connectivity index (χ0v) is 14.1. The lowest BCUT2D eigenvalue weighted by atomic mass is 9.94. The minimum Gasteiger partial charge on any atom is -0.344 e. The Morgan fingerprint density at radius 2 is 2.09 bits per heavy atom.